The molecular formula is C22H26N2O4S. The Hall–Kier alpha value is -2.22. The third kappa shape index (κ3) is 4.69. The van der Waals surface area contributed by atoms with Gasteiger partial charge >= 0.3 is 0 Å². The predicted molar refractivity (Wildman–Crippen MR) is 110 cm³/mol. The lowest BCUT2D eigenvalue weighted by Crippen LogP contribution is -2.33. The van der Waals surface area contributed by atoms with E-state index in [0.717, 1.165) is 37.7 Å². The van der Waals surface area contributed by atoms with E-state index in [1.54, 1.807) is 12.1 Å². The van der Waals surface area contributed by atoms with E-state index < -0.39 is 10.0 Å². The number of fused-ring (bicyclic) bond motifs is 1. The van der Waals surface area contributed by atoms with Gasteiger partial charge in [-0.3, -0.25) is 4.79 Å². The molecule has 0 spiro atoms. The molecule has 2 atom stereocenters. The van der Waals surface area contributed by atoms with Crippen LogP contribution in [0.3, 0.4) is 0 Å². The van der Waals surface area contributed by atoms with E-state index in [4.69, 9.17) is 4.74 Å². The van der Waals surface area contributed by atoms with Gasteiger partial charge in [0.05, 0.1) is 17.0 Å². The van der Waals surface area contributed by atoms with E-state index in [9.17, 15) is 13.2 Å². The molecule has 2 N–H and O–H groups in total. The maximum atomic E-state index is 12.8. The van der Waals surface area contributed by atoms with Gasteiger partial charge in [0.15, 0.2) is 0 Å². The first-order valence-electron chi connectivity index (χ1n) is 10.1. The SMILES string of the molecule is O=C(N[C@@H]1CCCc2ccccc21)c1cccc(S(=O)(=O)NC[C@H]2CCCO2)c1. The number of benzene rings is 2. The van der Waals surface area contributed by atoms with Crippen LogP contribution in [0.25, 0.3) is 0 Å². The summed E-state index contributed by atoms with van der Waals surface area (Å²) in [6.07, 6.45) is 4.64. The topological polar surface area (TPSA) is 84.5 Å². The summed E-state index contributed by atoms with van der Waals surface area (Å²) in [4.78, 5) is 12.9. The largest absolute Gasteiger partial charge is 0.377 e. The Kier molecular flexibility index (Phi) is 5.99. The molecule has 6 nitrogen and oxygen atoms in total. The van der Waals surface area contributed by atoms with Crippen LogP contribution in [-0.2, 0) is 21.2 Å². The molecule has 0 radical (unpaired) electrons. The van der Waals surface area contributed by atoms with Crippen LogP contribution in [0.15, 0.2) is 53.4 Å². The van der Waals surface area contributed by atoms with Gasteiger partial charge < -0.3 is 10.1 Å². The van der Waals surface area contributed by atoms with Crippen LogP contribution in [-0.4, -0.2) is 33.6 Å². The van der Waals surface area contributed by atoms with E-state index in [1.807, 2.05) is 12.1 Å². The second kappa shape index (κ2) is 8.65. The van der Waals surface area contributed by atoms with Crippen LogP contribution in [0.2, 0.25) is 0 Å². The first-order chi connectivity index (χ1) is 14.0. The summed E-state index contributed by atoms with van der Waals surface area (Å²) in [5.41, 5.74) is 2.75. The van der Waals surface area contributed by atoms with Crippen molar-refractivity contribution in [1.29, 1.82) is 0 Å². The Morgan fingerprint density at radius 3 is 2.76 bits per heavy atom. The molecule has 0 bridgehead atoms. The lowest BCUT2D eigenvalue weighted by molar-refractivity contribution is 0.0932. The highest BCUT2D eigenvalue weighted by Crippen LogP contribution is 2.29. The van der Waals surface area contributed by atoms with Gasteiger partial charge in [-0.25, -0.2) is 13.1 Å². The highest BCUT2D eigenvalue weighted by molar-refractivity contribution is 7.89. The van der Waals surface area contributed by atoms with Crippen LogP contribution in [0, 0.1) is 0 Å². The van der Waals surface area contributed by atoms with E-state index in [0.29, 0.717) is 12.2 Å². The number of hydrogen-bond acceptors (Lipinski definition) is 4. The number of carbonyl (C=O) groups is 1. The maximum absolute atomic E-state index is 12.8. The molecule has 7 heteroatoms. The Balaban J connectivity index is 1.46. The van der Waals surface area contributed by atoms with E-state index in [-0.39, 0.29) is 29.5 Å². The molecule has 1 heterocycles. The number of amides is 1. The van der Waals surface area contributed by atoms with Crippen molar-refractivity contribution < 1.29 is 17.9 Å². The highest BCUT2D eigenvalue weighted by atomic mass is 32.2. The van der Waals surface area contributed by atoms with Crippen molar-refractivity contribution in [2.24, 2.45) is 0 Å². The number of sulfonamides is 1. The van der Waals surface area contributed by atoms with Crippen LogP contribution in [0.5, 0.6) is 0 Å². The highest BCUT2D eigenvalue weighted by Gasteiger charge is 2.24. The molecule has 0 saturated carbocycles. The third-order valence-corrected chi connectivity index (χ3v) is 7.03. The number of hydrogen-bond donors (Lipinski definition) is 2. The molecule has 1 saturated heterocycles. The average Bonchev–Trinajstić information content (AvgIpc) is 3.26. The molecule has 1 fully saturated rings. The van der Waals surface area contributed by atoms with Gasteiger partial charge in [0, 0.05) is 18.7 Å². The fraction of sp³-hybridized carbons (Fsp3) is 0.409. The van der Waals surface area contributed by atoms with Crippen molar-refractivity contribution >= 4 is 15.9 Å². The van der Waals surface area contributed by atoms with Crippen LogP contribution in [0.4, 0.5) is 0 Å². The Morgan fingerprint density at radius 2 is 1.93 bits per heavy atom. The first-order valence-corrected chi connectivity index (χ1v) is 11.6. The van der Waals surface area contributed by atoms with Crippen molar-refractivity contribution in [3.8, 4) is 0 Å². The van der Waals surface area contributed by atoms with Crippen molar-refractivity contribution in [2.75, 3.05) is 13.2 Å². The zero-order valence-electron chi connectivity index (χ0n) is 16.3. The number of aryl methyl sites for hydroxylation is 1. The molecule has 1 amide bonds. The second-order valence-electron chi connectivity index (χ2n) is 7.63. The summed E-state index contributed by atoms with van der Waals surface area (Å²) in [5.74, 6) is -0.261. The summed E-state index contributed by atoms with van der Waals surface area (Å²) in [6, 6.07) is 14.3. The number of nitrogens with one attached hydrogen (secondary N) is 2. The van der Waals surface area contributed by atoms with Gasteiger partial charge in [-0.2, -0.15) is 0 Å². The lowest BCUT2D eigenvalue weighted by atomic mass is 9.87. The number of carbonyl (C=O) groups excluding carboxylic acids is 1. The van der Waals surface area contributed by atoms with Crippen molar-refractivity contribution in [3.63, 3.8) is 0 Å². The Bertz CT molecular complexity index is 984. The minimum Gasteiger partial charge on any atom is -0.377 e. The fourth-order valence-electron chi connectivity index (χ4n) is 4.04. The molecule has 2 aromatic rings. The summed E-state index contributed by atoms with van der Waals surface area (Å²) in [7, 11) is -3.70. The number of ether oxygens (including phenoxy) is 1. The van der Waals surface area contributed by atoms with Gasteiger partial charge in [0.25, 0.3) is 5.91 Å². The van der Waals surface area contributed by atoms with Gasteiger partial charge in [0.2, 0.25) is 10.0 Å². The van der Waals surface area contributed by atoms with Crippen molar-refractivity contribution in [3.05, 3.63) is 65.2 Å². The van der Waals surface area contributed by atoms with E-state index in [2.05, 4.69) is 22.2 Å². The molecule has 2 aliphatic rings. The van der Waals surface area contributed by atoms with Gasteiger partial charge in [-0.15, -0.1) is 0 Å². The summed E-state index contributed by atoms with van der Waals surface area (Å²) in [5, 5.41) is 3.07. The second-order valence-corrected chi connectivity index (χ2v) is 9.40. The molecule has 29 heavy (non-hydrogen) atoms. The van der Waals surface area contributed by atoms with Crippen molar-refractivity contribution in [2.45, 2.75) is 49.1 Å². The monoisotopic (exact) mass is 414 g/mol. The molecule has 1 aliphatic carbocycles. The van der Waals surface area contributed by atoms with Gasteiger partial charge in [-0.05, 0) is 61.4 Å². The molecule has 0 unspecified atom stereocenters. The first kappa shape index (κ1) is 20.1. The molecule has 1 aliphatic heterocycles. The standard InChI is InChI=1S/C22H26N2O4S/c25-22(24-21-12-4-7-16-6-1-2-11-20(16)21)17-8-3-10-19(14-17)29(26,27)23-15-18-9-5-13-28-18/h1-3,6,8,10-11,14,18,21,23H,4-5,7,9,12-13,15H2,(H,24,25)/t18-,21-/m1/s1. The summed E-state index contributed by atoms with van der Waals surface area (Å²) < 4.78 is 33.3. The minimum absolute atomic E-state index is 0.0506. The third-order valence-electron chi connectivity index (χ3n) is 5.61. The molecule has 2 aromatic carbocycles. The Morgan fingerprint density at radius 1 is 1.07 bits per heavy atom. The maximum Gasteiger partial charge on any atom is 0.251 e. The van der Waals surface area contributed by atoms with Crippen LogP contribution in [0.1, 0.15) is 53.2 Å². The fourth-order valence-corrected chi connectivity index (χ4v) is 5.15. The van der Waals surface area contributed by atoms with Crippen LogP contribution < -0.4 is 10.0 Å². The molecule has 4 rings (SSSR count). The van der Waals surface area contributed by atoms with Gasteiger partial charge in [-0.1, -0.05) is 30.3 Å². The predicted octanol–water partition coefficient (Wildman–Crippen LogP) is 2.95. The number of rotatable bonds is 6. The summed E-state index contributed by atoms with van der Waals surface area (Å²) >= 11 is 0. The quantitative estimate of drug-likeness (QED) is 0.761. The molecular weight excluding hydrogens is 388 g/mol. The normalized spacial score (nSPS) is 21.5. The van der Waals surface area contributed by atoms with E-state index in [1.165, 1.54) is 17.7 Å². The van der Waals surface area contributed by atoms with Crippen molar-refractivity contribution in [1.82, 2.24) is 10.0 Å². The smallest absolute Gasteiger partial charge is 0.251 e. The van der Waals surface area contributed by atoms with E-state index >= 15 is 0 Å². The minimum atomic E-state index is -3.70. The van der Waals surface area contributed by atoms with Crippen LogP contribution >= 0.6 is 0 Å². The van der Waals surface area contributed by atoms with Gasteiger partial charge in [0.1, 0.15) is 0 Å². The molecule has 154 valence electrons. The average molecular weight is 415 g/mol. The zero-order chi connectivity index (χ0) is 20.3. The summed E-state index contributed by atoms with van der Waals surface area (Å²) in [6.45, 7) is 0.921. The lowest BCUT2D eigenvalue weighted by Gasteiger charge is -2.26. The zero-order valence-corrected chi connectivity index (χ0v) is 17.1. The Labute approximate surface area is 171 Å². The molecule has 0 aromatic heterocycles.